The summed E-state index contributed by atoms with van der Waals surface area (Å²) in [6.07, 6.45) is 6.32. The predicted molar refractivity (Wildman–Crippen MR) is 110 cm³/mol. The van der Waals surface area contributed by atoms with Crippen LogP contribution in [0.3, 0.4) is 0 Å². The highest BCUT2D eigenvalue weighted by atomic mass is 35.5. The van der Waals surface area contributed by atoms with Gasteiger partial charge >= 0.3 is 0 Å². The largest absolute Gasteiger partial charge is 0.486 e. The lowest BCUT2D eigenvalue weighted by Gasteiger charge is -2.14. The zero-order valence-corrected chi connectivity index (χ0v) is 16.5. The highest BCUT2D eigenvalue weighted by Gasteiger charge is 2.20. The fraction of sp³-hybridized carbons (Fsp3) is 0.350. The molecule has 1 aromatic carbocycles. The smallest absolute Gasteiger partial charge is 0.227 e. The van der Waals surface area contributed by atoms with Gasteiger partial charge in [-0.15, -0.1) is 24.8 Å². The van der Waals surface area contributed by atoms with Gasteiger partial charge in [0.2, 0.25) is 11.2 Å². The second-order valence-electron chi connectivity index (χ2n) is 6.84. The Morgan fingerprint density at radius 1 is 1.15 bits per heavy atom. The minimum atomic E-state index is -0.135. The van der Waals surface area contributed by atoms with Crippen LogP contribution < -0.4 is 15.9 Å². The summed E-state index contributed by atoms with van der Waals surface area (Å²) in [6.45, 7) is 2.83. The molecule has 4 rings (SSSR count). The second kappa shape index (κ2) is 9.42. The number of rotatable bonds is 5. The van der Waals surface area contributed by atoms with Crippen molar-refractivity contribution in [2.75, 3.05) is 6.61 Å². The topological polar surface area (TPSA) is 68.7 Å². The van der Waals surface area contributed by atoms with E-state index in [4.69, 9.17) is 14.9 Å². The molecule has 146 valence electrons. The highest BCUT2D eigenvalue weighted by Crippen LogP contribution is 2.24. The molecule has 27 heavy (non-hydrogen) atoms. The third-order valence-electron chi connectivity index (χ3n) is 4.80. The standard InChI is InChI=1S/C20H22N2O3.2ClH/c21-17-6-5-14(7-17)12-25-20-13-24-18(8-19(20)23)11-22-9-15-3-1-2-4-16(15)10-22;;/h1-6,8,13-14,17H,7,9-12,21H2;2*1H. The second-order valence-corrected chi connectivity index (χ2v) is 6.84. The van der Waals surface area contributed by atoms with E-state index in [1.165, 1.54) is 23.5 Å². The Morgan fingerprint density at radius 2 is 1.85 bits per heavy atom. The van der Waals surface area contributed by atoms with E-state index in [2.05, 4.69) is 29.2 Å². The van der Waals surface area contributed by atoms with Gasteiger partial charge in [0.1, 0.15) is 12.0 Å². The summed E-state index contributed by atoms with van der Waals surface area (Å²) in [6, 6.07) is 10.0. The van der Waals surface area contributed by atoms with Crippen LogP contribution >= 0.6 is 24.8 Å². The van der Waals surface area contributed by atoms with E-state index in [0.29, 0.717) is 18.9 Å². The van der Waals surface area contributed by atoms with Crippen LogP contribution in [0.1, 0.15) is 23.3 Å². The van der Waals surface area contributed by atoms with Crippen LogP contribution in [-0.2, 0) is 19.6 Å². The van der Waals surface area contributed by atoms with E-state index in [1.807, 2.05) is 12.2 Å². The molecule has 5 nitrogen and oxygen atoms in total. The number of nitrogens with two attached hydrogens (primary N) is 1. The number of ether oxygens (including phenoxy) is 1. The summed E-state index contributed by atoms with van der Waals surface area (Å²) in [5.41, 5.74) is 8.37. The molecular formula is C20H24Cl2N2O3. The first-order valence-corrected chi connectivity index (χ1v) is 8.65. The van der Waals surface area contributed by atoms with E-state index in [9.17, 15) is 4.79 Å². The Morgan fingerprint density at radius 3 is 2.44 bits per heavy atom. The predicted octanol–water partition coefficient (Wildman–Crippen LogP) is 3.28. The van der Waals surface area contributed by atoms with Crippen LogP contribution in [0.15, 0.2) is 58.0 Å². The lowest BCUT2D eigenvalue weighted by Crippen LogP contribution is -2.20. The van der Waals surface area contributed by atoms with Crippen LogP contribution in [0.25, 0.3) is 0 Å². The third kappa shape index (κ3) is 5.14. The number of hydrogen-bond donors (Lipinski definition) is 1. The molecule has 2 aliphatic rings. The van der Waals surface area contributed by atoms with Gasteiger partial charge in [-0.1, -0.05) is 36.4 Å². The molecule has 1 aliphatic heterocycles. The molecule has 0 fully saturated rings. The molecule has 1 aliphatic carbocycles. The van der Waals surface area contributed by atoms with Crippen LogP contribution in [0.4, 0.5) is 0 Å². The average Bonchev–Trinajstić information content (AvgIpc) is 3.19. The Bertz CT molecular complexity index is 828. The molecule has 0 radical (unpaired) electrons. The van der Waals surface area contributed by atoms with Crippen molar-refractivity contribution >= 4 is 24.8 Å². The number of hydrogen-bond acceptors (Lipinski definition) is 5. The number of fused-ring (bicyclic) bond motifs is 1. The van der Waals surface area contributed by atoms with Crippen LogP contribution in [0.5, 0.6) is 5.75 Å². The zero-order chi connectivity index (χ0) is 17.2. The number of nitrogens with zero attached hydrogens (tertiary/aromatic N) is 1. The summed E-state index contributed by atoms with van der Waals surface area (Å²) >= 11 is 0. The van der Waals surface area contributed by atoms with Crippen molar-refractivity contribution in [3.8, 4) is 5.75 Å². The van der Waals surface area contributed by atoms with Gasteiger partial charge in [-0.25, -0.2) is 0 Å². The SMILES string of the molecule is Cl.Cl.NC1C=CC(COc2coc(CN3Cc4ccccc4C3)cc2=O)C1. The molecule has 2 N–H and O–H groups in total. The minimum absolute atomic E-state index is 0. The zero-order valence-electron chi connectivity index (χ0n) is 14.9. The maximum Gasteiger partial charge on any atom is 0.227 e. The van der Waals surface area contributed by atoms with Crippen molar-refractivity contribution in [2.45, 2.75) is 32.1 Å². The van der Waals surface area contributed by atoms with Gasteiger partial charge in [0.15, 0.2) is 0 Å². The maximum atomic E-state index is 12.3. The van der Waals surface area contributed by atoms with Gasteiger partial charge in [-0.3, -0.25) is 9.69 Å². The summed E-state index contributed by atoms with van der Waals surface area (Å²) in [7, 11) is 0. The molecule has 7 heteroatoms. The molecule has 1 aromatic heterocycles. The van der Waals surface area contributed by atoms with Crippen LogP contribution in [-0.4, -0.2) is 17.5 Å². The minimum Gasteiger partial charge on any atom is -0.486 e. The molecule has 2 unspecified atom stereocenters. The summed E-state index contributed by atoms with van der Waals surface area (Å²) in [4.78, 5) is 14.5. The molecular weight excluding hydrogens is 387 g/mol. The van der Waals surface area contributed by atoms with Gasteiger partial charge in [0.05, 0.1) is 13.2 Å². The lowest BCUT2D eigenvalue weighted by atomic mass is 10.1. The maximum absolute atomic E-state index is 12.3. The van der Waals surface area contributed by atoms with Gasteiger partial charge in [-0.2, -0.15) is 0 Å². The summed E-state index contributed by atoms with van der Waals surface area (Å²) in [5, 5.41) is 0. The lowest BCUT2D eigenvalue weighted by molar-refractivity contribution is 0.236. The molecule has 2 heterocycles. The van der Waals surface area contributed by atoms with Crippen molar-refractivity contribution < 1.29 is 9.15 Å². The quantitative estimate of drug-likeness (QED) is 0.765. The van der Waals surface area contributed by atoms with Crippen LogP contribution in [0.2, 0.25) is 0 Å². The average molecular weight is 411 g/mol. The van der Waals surface area contributed by atoms with E-state index in [-0.39, 0.29) is 48.0 Å². The highest BCUT2D eigenvalue weighted by molar-refractivity contribution is 5.85. The van der Waals surface area contributed by atoms with E-state index in [1.54, 1.807) is 0 Å². The molecule has 0 saturated heterocycles. The molecule has 0 amide bonds. The molecule has 0 saturated carbocycles. The van der Waals surface area contributed by atoms with Crippen molar-refractivity contribution in [1.29, 1.82) is 0 Å². The number of benzene rings is 1. The van der Waals surface area contributed by atoms with Gasteiger partial charge in [0, 0.05) is 31.1 Å². The van der Waals surface area contributed by atoms with E-state index in [0.717, 1.165) is 19.5 Å². The Hall–Kier alpha value is -1.79. The third-order valence-corrected chi connectivity index (χ3v) is 4.80. The Kier molecular flexibility index (Phi) is 7.50. The normalized spacial score (nSPS) is 20.6. The van der Waals surface area contributed by atoms with Gasteiger partial charge in [0.25, 0.3) is 0 Å². The first-order chi connectivity index (χ1) is 12.2. The molecule has 2 atom stereocenters. The van der Waals surface area contributed by atoms with E-state index >= 15 is 0 Å². The van der Waals surface area contributed by atoms with Crippen molar-refractivity contribution in [1.82, 2.24) is 4.90 Å². The monoisotopic (exact) mass is 410 g/mol. The molecule has 0 spiro atoms. The van der Waals surface area contributed by atoms with Gasteiger partial charge < -0.3 is 14.9 Å². The van der Waals surface area contributed by atoms with Crippen LogP contribution in [0, 0.1) is 5.92 Å². The summed E-state index contributed by atoms with van der Waals surface area (Å²) < 4.78 is 11.2. The molecule has 0 bridgehead atoms. The first kappa shape index (κ1) is 21.5. The van der Waals surface area contributed by atoms with Gasteiger partial charge in [-0.05, 0) is 17.5 Å². The Labute approximate surface area is 171 Å². The first-order valence-electron chi connectivity index (χ1n) is 8.65. The van der Waals surface area contributed by atoms with E-state index < -0.39 is 0 Å². The Balaban J connectivity index is 0.00000131. The molecule has 2 aromatic rings. The fourth-order valence-electron chi connectivity index (χ4n) is 3.49. The fourth-order valence-corrected chi connectivity index (χ4v) is 3.49. The van der Waals surface area contributed by atoms with Crippen molar-refractivity contribution in [2.24, 2.45) is 11.7 Å². The number of halogens is 2. The summed E-state index contributed by atoms with van der Waals surface area (Å²) in [5.74, 6) is 1.19. The van der Waals surface area contributed by atoms with Crippen molar-refractivity contribution in [3.05, 3.63) is 75.9 Å². The van der Waals surface area contributed by atoms with Crippen molar-refractivity contribution in [3.63, 3.8) is 0 Å².